The molecule has 0 aliphatic rings. The number of fused-ring (bicyclic) bond motifs is 1. The standard InChI is InChI=1S/C13H19N3O2/c1-2-6-15(8-9-17)13-11(10-18)16-7-4-3-5-12(16)14-13/h3-5,7,17-18H,2,6,8-10H2,1H3. The normalized spacial score (nSPS) is 11.1. The second-order valence-electron chi connectivity index (χ2n) is 4.18. The first-order chi connectivity index (χ1) is 8.81. The molecule has 2 aromatic heterocycles. The van der Waals surface area contributed by atoms with Crippen LogP contribution in [0.25, 0.3) is 5.65 Å². The van der Waals surface area contributed by atoms with Crippen molar-refractivity contribution in [2.75, 3.05) is 24.6 Å². The number of aliphatic hydroxyl groups is 2. The predicted octanol–water partition coefficient (Wildman–Crippen LogP) is 1.04. The first-order valence-corrected chi connectivity index (χ1v) is 6.24. The van der Waals surface area contributed by atoms with Crippen LogP contribution in [0.15, 0.2) is 24.4 Å². The summed E-state index contributed by atoms with van der Waals surface area (Å²) in [5, 5.41) is 18.7. The van der Waals surface area contributed by atoms with Gasteiger partial charge in [0.1, 0.15) is 5.65 Å². The molecule has 0 spiro atoms. The molecule has 0 saturated heterocycles. The Morgan fingerprint density at radius 2 is 2.11 bits per heavy atom. The van der Waals surface area contributed by atoms with Crippen LogP contribution in [0.2, 0.25) is 0 Å². The summed E-state index contributed by atoms with van der Waals surface area (Å²) in [5.41, 5.74) is 1.59. The predicted molar refractivity (Wildman–Crippen MR) is 70.7 cm³/mol. The summed E-state index contributed by atoms with van der Waals surface area (Å²) in [5.74, 6) is 0.764. The number of rotatable bonds is 6. The van der Waals surface area contributed by atoms with E-state index in [0.717, 1.165) is 30.1 Å². The van der Waals surface area contributed by atoms with Crippen molar-refractivity contribution in [2.24, 2.45) is 0 Å². The molecule has 0 aliphatic carbocycles. The SMILES string of the molecule is CCCN(CCO)c1nc2ccccn2c1CO. The van der Waals surface area contributed by atoms with Gasteiger partial charge in [0.05, 0.1) is 18.9 Å². The second kappa shape index (κ2) is 5.84. The number of aliphatic hydroxyl groups excluding tert-OH is 2. The molecule has 0 radical (unpaired) electrons. The van der Waals surface area contributed by atoms with Gasteiger partial charge in [-0.25, -0.2) is 4.98 Å². The van der Waals surface area contributed by atoms with Crippen LogP contribution in [0, 0.1) is 0 Å². The molecule has 2 heterocycles. The first-order valence-electron chi connectivity index (χ1n) is 6.24. The molecule has 5 heteroatoms. The molecule has 0 aromatic carbocycles. The summed E-state index contributed by atoms with van der Waals surface area (Å²) < 4.78 is 1.88. The van der Waals surface area contributed by atoms with Crippen molar-refractivity contribution in [1.82, 2.24) is 9.38 Å². The molecule has 0 amide bonds. The van der Waals surface area contributed by atoms with E-state index in [4.69, 9.17) is 5.11 Å². The lowest BCUT2D eigenvalue weighted by Crippen LogP contribution is -2.28. The second-order valence-corrected chi connectivity index (χ2v) is 4.18. The Bertz CT molecular complexity index is 504. The highest BCUT2D eigenvalue weighted by Crippen LogP contribution is 2.21. The maximum absolute atomic E-state index is 9.54. The van der Waals surface area contributed by atoms with Gasteiger partial charge in [0, 0.05) is 19.3 Å². The molecular weight excluding hydrogens is 230 g/mol. The molecule has 18 heavy (non-hydrogen) atoms. The van der Waals surface area contributed by atoms with E-state index in [-0.39, 0.29) is 13.2 Å². The summed E-state index contributed by atoms with van der Waals surface area (Å²) in [7, 11) is 0. The summed E-state index contributed by atoms with van der Waals surface area (Å²) >= 11 is 0. The lowest BCUT2D eigenvalue weighted by atomic mass is 10.3. The molecule has 5 nitrogen and oxygen atoms in total. The van der Waals surface area contributed by atoms with E-state index in [1.807, 2.05) is 33.7 Å². The molecule has 0 unspecified atom stereocenters. The fraction of sp³-hybridized carbons (Fsp3) is 0.462. The summed E-state index contributed by atoms with van der Waals surface area (Å²) in [6.07, 6.45) is 2.86. The maximum atomic E-state index is 9.54. The van der Waals surface area contributed by atoms with Gasteiger partial charge in [0.15, 0.2) is 5.82 Å². The Labute approximate surface area is 106 Å². The van der Waals surface area contributed by atoms with E-state index in [2.05, 4.69) is 11.9 Å². The Hall–Kier alpha value is -1.59. The van der Waals surface area contributed by atoms with Gasteiger partial charge >= 0.3 is 0 Å². The Kier molecular flexibility index (Phi) is 4.17. The average molecular weight is 249 g/mol. The van der Waals surface area contributed by atoms with E-state index in [0.29, 0.717) is 6.54 Å². The fourth-order valence-corrected chi connectivity index (χ4v) is 2.15. The van der Waals surface area contributed by atoms with Crippen molar-refractivity contribution >= 4 is 11.5 Å². The third-order valence-electron chi connectivity index (χ3n) is 2.92. The van der Waals surface area contributed by atoms with E-state index in [1.165, 1.54) is 0 Å². The van der Waals surface area contributed by atoms with Crippen LogP contribution in [0.1, 0.15) is 19.0 Å². The molecule has 2 aromatic rings. The molecule has 0 atom stereocenters. The topological polar surface area (TPSA) is 61.0 Å². The minimum atomic E-state index is -0.0633. The van der Waals surface area contributed by atoms with Crippen molar-refractivity contribution in [1.29, 1.82) is 0 Å². The van der Waals surface area contributed by atoms with Crippen LogP contribution in [-0.4, -0.2) is 39.3 Å². The lowest BCUT2D eigenvalue weighted by Gasteiger charge is -2.21. The zero-order valence-electron chi connectivity index (χ0n) is 10.6. The number of aromatic nitrogens is 2. The maximum Gasteiger partial charge on any atom is 0.153 e. The number of nitrogens with zero attached hydrogens (tertiary/aromatic N) is 3. The Morgan fingerprint density at radius 3 is 2.78 bits per heavy atom. The number of hydrogen-bond donors (Lipinski definition) is 2. The third kappa shape index (κ3) is 2.32. The van der Waals surface area contributed by atoms with Crippen LogP contribution in [-0.2, 0) is 6.61 Å². The summed E-state index contributed by atoms with van der Waals surface area (Å²) in [6, 6.07) is 5.74. The van der Waals surface area contributed by atoms with E-state index in [9.17, 15) is 5.11 Å². The van der Waals surface area contributed by atoms with Crippen LogP contribution in [0.4, 0.5) is 5.82 Å². The number of hydrogen-bond acceptors (Lipinski definition) is 4. The van der Waals surface area contributed by atoms with Crippen molar-refractivity contribution in [3.63, 3.8) is 0 Å². The number of pyridine rings is 1. The molecule has 0 bridgehead atoms. The Balaban J connectivity index is 2.47. The quantitative estimate of drug-likeness (QED) is 0.803. The largest absolute Gasteiger partial charge is 0.395 e. The van der Waals surface area contributed by atoms with Crippen molar-refractivity contribution in [3.8, 4) is 0 Å². The van der Waals surface area contributed by atoms with Gasteiger partial charge in [0.2, 0.25) is 0 Å². The van der Waals surface area contributed by atoms with Crippen LogP contribution in [0.3, 0.4) is 0 Å². The van der Waals surface area contributed by atoms with E-state index < -0.39 is 0 Å². The van der Waals surface area contributed by atoms with Gasteiger partial charge in [-0.1, -0.05) is 13.0 Å². The molecule has 0 saturated carbocycles. The summed E-state index contributed by atoms with van der Waals surface area (Å²) in [4.78, 5) is 6.55. The minimum absolute atomic E-state index is 0.0633. The van der Waals surface area contributed by atoms with Gasteiger partial charge in [-0.15, -0.1) is 0 Å². The van der Waals surface area contributed by atoms with Gasteiger partial charge < -0.3 is 15.1 Å². The van der Waals surface area contributed by atoms with E-state index >= 15 is 0 Å². The summed E-state index contributed by atoms with van der Waals surface area (Å²) in [6.45, 7) is 3.45. The van der Waals surface area contributed by atoms with Crippen molar-refractivity contribution in [2.45, 2.75) is 20.0 Å². The number of imidazole rings is 1. The van der Waals surface area contributed by atoms with Gasteiger partial charge in [-0.3, -0.25) is 4.40 Å². The van der Waals surface area contributed by atoms with Crippen molar-refractivity contribution < 1.29 is 10.2 Å². The zero-order chi connectivity index (χ0) is 13.0. The van der Waals surface area contributed by atoms with Gasteiger partial charge in [-0.2, -0.15) is 0 Å². The van der Waals surface area contributed by atoms with E-state index in [1.54, 1.807) is 0 Å². The molecule has 0 fully saturated rings. The molecule has 2 rings (SSSR count). The van der Waals surface area contributed by atoms with Gasteiger partial charge in [0.25, 0.3) is 0 Å². The molecular formula is C13H19N3O2. The molecule has 98 valence electrons. The minimum Gasteiger partial charge on any atom is -0.395 e. The zero-order valence-corrected chi connectivity index (χ0v) is 10.6. The van der Waals surface area contributed by atoms with Crippen LogP contribution < -0.4 is 4.90 Å². The molecule has 2 N–H and O–H groups in total. The van der Waals surface area contributed by atoms with Crippen LogP contribution in [0.5, 0.6) is 0 Å². The lowest BCUT2D eigenvalue weighted by molar-refractivity contribution is 0.275. The fourth-order valence-electron chi connectivity index (χ4n) is 2.15. The highest BCUT2D eigenvalue weighted by Gasteiger charge is 2.16. The third-order valence-corrected chi connectivity index (χ3v) is 2.92. The molecule has 0 aliphatic heterocycles. The van der Waals surface area contributed by atoms with Gasteiger partial charge in [-0.05, 0) is 18.6 Å². The van der Waals surface area contributed by atoms with Crippen LogP contribution >= 0.6 is 0 Å². The highest BCUT2D eigenvalue weighted by molar-refractivity contribution is 5.55. The highest BCUT2D eigenvalue weighted by atomic mass is 16.3. The smallest absolute Gasteiger partial charge is 0.153 e. The monoisotopic (exact) mass is 249 g/mol. The number of anilines is 1. The Morgan fingerprint density at radius 1 is 1.28 bits per heavy atom. The van der Waals surface area contributed by atoms with Crippen molar-refractivity contribution in [3.05, 3.63) is 30.1 Å². The first kappa shape index (κ1) is 12.9. The average Bonchev–Trinajstić information content (AvgIpc) is 2.76.